The Kier molecular flexibility index (Phi) is 7.29. The van der Waals surface area contributed by atoms with E-state index in [1.807, 2.05) is 62.4 Å². The third kappa shape index (κ3) is 6.12. The fraction of sp³-hybridized carbons (Fsp3) is 0.350. The monoisotopic (exact) mass is 342 g/mol. The van der Waals surface area contributed by atoms with E-state index in [0.29, 0.717) is 13.2 Å². The number of urea groups is 1. The van der Waals surface area contributed by atoms with Gasteiger partial charge in [0, 0.05) is 6.54 Å². The predicted octanol–water partition coefficient (Wildman–Crippen LogP) is 3.18. The molecule has 2 amide bonds. The number of nitrogens with one attached hydrogen (secondary N) is 2. The van der Waals surface area contributed by atoms with E-state index in [4.69, 9.17) is 9.84 Å². The summed E-state index contributed by atoms with van der Waals surface area (Å²) < 4.78 is 5.42. The summed E-state index contributed by atoms with van der Waals surface area (Å²) in [7, 11) is 0. The lowest BCUT2D eigenvalue weighted by molar-refractivity contribution is 0.238. The number of aliphatic hydroxyl groups excluding tert-OH is 1. The lowest BCUT2D eigenvalue weighted by atomic mass is 10.1. The van der Waals surface area contributed by atoms with Crippen LogP contribution < -0.4 is 15.4 Å². The number of hydrogen-bond acceptors (Lipinski definition) is 3. The second-order valence-corrected chi connectivity index (χ2v) is 5.85. The number of rotatable bonds is 8. The molecule has 25 heavy (non-hydrogen) atoms. The van der Waals surface area contributed by atoms with E-state index < -0.39 is 0 Å². The lowest BCUT2D eigenvalue weighted by Gasteiger charge is -2.15. The highest BCUT2D eigenvalue weighted by Crippen LogP contribution is 2.17. The summed E-state index contributed by atoms with van der Waals surface area (Å²) in [5.74, 6) is 0.829. The van der Waals surface area contributed by atoms with Crippen LogP contribution >= 0.6 is 0 Å². The Morgan fingerprint density at radius 1 is 1.08 bits per heavy atom. The first-order chi connectivity index (χ1) is 12.1. The second-order valence-electron chi connectivity index (χ2n) is 5.85. The molecule has 0 aromatic heterocycles. The standard InChI is InChI=1S/C20H26N2O3/c1-3-25-19-10-8-18(9-11-19)15(2)22-20(24)21-13-12-16-4-6-17(14-23)7-5-16/h4-11,15,23H,3,12-14H2,1-2H3,(H2,21,22,24). The summed E-state index contributed by atoms with van der Waals surface area (Å²) in [5.41, 5.74) is 3.04. The molecule has 0 heterocycles. The van der Waals surface area contributed by atoms with Crippen molar-refractivity contribution in [2.45, 2.75) is 32.9 Å². The Balaban J connectivity index is 1.74. The van der Waals surface area contributed by atoms with Crippen molar-refractivity contribution in [1.29, 1.82) is 0 Å². The van der Waals surface area contributed by atoms with Gasteiger partial charge in [0.2, 0.25) is 0 Å². The average Bonchev–Trinajstić information content (AvgIpc) is 2.63. The molecule has 0 radical (unpaired) electrons. The fourth-order valence-corrected chi connectivity index (χ4v) is 2.48. The molecule has 134 valence electrons. The highest BCUT2D eigenvalue weighted by atomic mass is 16.5. The van der Waals surface area contributed by atoms with E-state index in [1.54, 1.807) is 0 Å². The van der Waals surface area contributed by atoms with Gasteiger partial charge in [-0.15, -0.1) is 0 Å². The third-order valence-corrected chi connectivity index (χ3v) is 3.94. The van der Waals surface area contributed by atoms with Crippen molar-refractivity contribution in [2.24, 2.45) is 0 Å². The summed E-state index contributed by atoms with van der Waals surface area (Å²) in [6.45, 7) is 5.13. The van der Waals surface area contributed by atoms with Crippen LogP contribution in [0.25, 0.3) is 0 Å². The van der Waals surface area contributed by atoms with Gasteiger partial charge in [0.05, 0.1) is 19.3 Å². The maximum atomic E-state index is 12.0. The van der Waals surface area contributed by atoms with Crippen LogP contribution in [0.3, 0.4) is 0 Å². The number of aliphatic hydroxyl groups is 1. The lowest BCUT2D eigenvalue weighted by Crippen LogP contribution is -2.38. The minimum absolute atomic E-state index is 0.0460. The maximum absolute atomic E-state index is 12.0. The minimum atomic E-state index is -0.187. The van der Waals surface area contributed by atoms with Gasteiger partial charge in [-0.05, 0) is 49.1 Å². The smallest absolute Gasteiger partial charge is 0.315 e. The van der Waals surface area contributed by atoms with Crippen LogP contribution in [0, 0.1) is 0 Å². The first kappa shape index (κ1) is 18.8. The van der Waals surface area contributed by atoms with Crippen molar-refractivity contribution in [3.05, 3.63) is 65.2 Å². The maximum Gasteiger partial charge on any atom is 0.315 e. The van der Waals surface area contributed by atoms with Gasteiger partial charge in [-0.3, -0.25) is 0 Å². The van der Waals surface area contributed by atoms with Gasteiger partial charge in [-0.2, -0.15) is 0 Å². The van der Waals surface area contributed by atoms with Gasteiger partial charge < -0.3 is 20.5 Å². The van der Waals surface area contributed by atoms with Crippen LogP contribution in [0.5, 0.6) is 5.75 Å². The summed E-state index contributed by atoms with van der Waals surface area (Å²) in [6, 6.07) is 15.2. The summed E-state index contributed by atoms with van der Waals surface area (Å²) in [4.78, 5) is 12.0. The number of carbonyl (C=O) groups is 1. The first-order valence-corrected chi connectivity index (χ1v) is 8.58. The number of carbonyl (C=O) groups excluding carboxylic acids is 1. The van der Waals surface area contributed by atoms with Crippen LogP contribution in [0.2, 0.25) is 0 Å². The third-order valence-electron chi connectivity index (χ3n) is 3.94. The topological polar surface area (TPSA) is 70.6 Å². The summed E-state index contributed by atoms with van der Waals surface area (Å²) in [5, 5.41) is 14.8. The minimum Gasteiger partial charge on any atom is -0.494 e. The van der Waals surface area contributed by atoms with Gasteiger partial charge in [-0.1, -0.05) is 36.4 Å². The number of amides is 2. The molecule has 0 saturated heterocycles. The molecule has 3 N–H and O–H groups in total. The predicted molar refractivity (Wildman–Crippen MR) is 98.6 cm³/mol. The van der Waals surface area contributed by atoms with E-state index in [-0.39, 0.29) is 18.7 Å². The molecule has 2 aromatic rings. The van der Waals surface area contributed by atoms with Crippen molar-refractivity contribution < 1.29 is 14.6 Å². The number of benzene rings is 2. The quantitative estimate of drug-likeness (QED) is 0.690. The van der Waals surface area contributed by atoms with Crippen LogP contribution in [-0.2, 0) is 13.0 Å². The Hall–Kier alpha value is -2.53. The normalized spacial score (nSPS) is 11.6. The van der Waals surface area contributed by atoms with Gasteiger partial charge in [0.1, 0.15) is 5.75 Å². The Labute approximate surface area is 149 Å². The molecule has 0 aliphatic carbocycles. The van der Waals surface area contributed by atoms with Crippen molar-refractivity contribution in [2.75, 3.05) is 13.2 Å². The van der Waals surface area contributed by atoms with E-state index in [2.05, 4.69) is 10.6 Å². The van der Waals surface area contributed by atoms with Crippen LogP contribution in [0.15, 0.2) is 48.5 Å². The van der Waals surface area contributed by atoms with Crippen LogP contribution in [0.4, 0.5) is 4.79 Å². The highest BCUT2D eigenvalue weighted by Gasteiger charge is 2.09. The van der Waals surface area contributed by atoms with Crippen molar-refractivity contribution >= 4 is 6.03 Å². The molecular weight excluding hydrogens is 316 g/mol. The molecule has 0 fully saturated rings. The van der Waals surface area contributed by atoms with Crippen molar-refractivity contribution in [3.63, 3.8) is 0 Å². The zero-order valence-corrected chi connectivity index (χ0v) is 14.8. The zero-order valence-electron chi connectivity index (χ0n) is 14.8. The van der Waals surface area contributed by atoms with Crippen molar-refractivity contribution in [3.8, 4) is 5.75 Å². The van der Waals surface area contributed by atoms with E-state index in [0.717, 1.165) is 28.9 Å². The summed E-state index contributed by atoms with van der Waals surface area (Å²) >= 11 is 0. The average molecular weight is 342 g/mol. The number of hydrogen-bond donors (Lipinski definition) is 3. The first-order valence-electron chi connectivity index (χ1n) is 8.58. The molecule has 2 rings (SSSR count). The SMILES string of the molecule is CCOc1ccc(C(C)NC(=O)NCCc2ccc(CO)cc2)cc1. The molecule has 0 aliphatic heterocycles. The molecule has 0 saturated carbocycles. The molecule has 1 unspecified atom stereocenters. The molecule has 1 atom stereocenters. The van der Waals surface area contributed by atoms with Crippen LogP contribution in [-0.4, -0.2) is 24.3 Å². The molecule has 2 aromatic carbocycles. The largest absolute Gasteiger partial charge is 0.494 e. The molecular formula is C20H26N2O3. The Morgan fingerprint density at radius 3 is 2.32 bits per heavy atom. The zero-order chi connectivity index (χ0) is 18.1. The van der Waals surface area contributed by atoms with Gasteiger partial charge in [0.15, 0.2) is 0 Å². The van der Waals surface area contributed by atoms with Gasteiger partial charge in [-0.25, -0.2) is 4.79 Å². The number of ether oxygens (including phenoxy) is 1. The highest BCUT2D eigenvalue weighted by molar-refractivity contribution is 5.74. The molecule has 0 aliphatic rings. The van der Waals surface area contributed by atoms with Gasteiger partial charge >= 0.3 is 6.03 Å². The van der Waals surface area contributed by atoms with Gasteiger partial charge in [0.25, 0.3) is 0 Å². The van der Waals surface area contributed by atoms with Crippen LogP contribution in [0.1, 0.15) is 36.6 Å². The molecule has 5 heteroatoms. The van der Waals surface area contributed by atoms with Crippen molar-refractivity contribution in [1.82, 2.24) is 10.6 Å². The van der Waals surface area contributed by atoms with E-state index in [9.17, 15) is 4.79 Å². The molecule has 5 nitrogen and oxygen atoms in total. The molecule has 0 bridgehead atoms. The second kappa shape index (κ2) is 9.69. The Morgan fingerprint density at radius 2 is 1.72 bits per heavy atom. The van der Waals surface area contributed by atoms with E-state index >= 15 is 0 Å². The fourth-order valence-electron chi connectivity index (χ4n) is 2.48. The Bertz CT molecular complexity index is 654. The molecule has 0 spiro atoms. The van der Waals surface area contributed by atoms with E-state index in [1.165, 1.54) is 0 Å². The summed E-state index contributed by atoms with van der Waals surface area (Å²) in [6.07, 6.45) is 0.747.